The Balaban J connectivity index is 0.000000288. The summed E-state index contributed by atoms with van der Waals surface area (Å²) in [5.41, 5.74) is 0. The molecule has 0 aromatic rings. The Morgan fingerprint density at radius 2 is 1.82 bits per heavy atom. The van der Waals surface area contributed by atoms with Crippen molar-refractivity contribution in [2.45, 2.75) is 39.0 Å². The fourth-order valence-corrected chi connectivity index (χ4v) is 2.80. The van der Waals surface area contributed by atoms with Crippen LogP contribution in [0.5, 0.6) is 0 Å². The highest BCUT2D eigenvalue weighted by Gasteiger charge is 2.30. The maximum Gasteiger partial charge on any atom is 0.302 e. The number of hydrogen-bond donors (Lipinski definition) is 1. The van der Waals surface area contributed by atoms with Gasteiger partial charge in [0.1, 0.15) is 6.61 Å². The summed E-state index contributed by atoms with van der Waals surface area (Å²) < 4.78 is 7.57. The van der Waals surface area contributed by atoms with E-state index in [4.69, 9.17) is 0 Å². The molecule has 0 amide bonds. The van der Waals surface area contributed by atoms with Crippen LogP contribution in [0.25, 0.3) is 0 Å². The van der Waals surface area contributed by atoms with Crippen LogP contribution in [0.2, 0.25) is 0 Å². The van der Waals surface area contributed by atoms with Crippen LogP contribution < -0.4 is 4.72 Å². The fraction of sp³-hybridized carbons (Fsp3) is 0.917. The predicted octanol–water partition coefficient (Wildman–Crippen LogP) is 1.79. The van der Waals surface area contributed by atoms with Gasteiger partial charge in [-0.25, -0.2) is 0 Å². The summed E-state index contributed by atoms with van der Waals surface area (Å²) in [5.74, 6) is 2.12. The topological polar surface area (TPSA) is 69.8 Å². The molecule has 0 heterocycles. The Hall–Kier alpha value is -0.260. The molecule has 5 heteroatoms. The second-order valence-electron chi connectivity index (χ2n) is 4.56. The molecule has 17 heavy (non-hydrogen) atoms. The molecule has 0 atom stereocenters. The highest BCUT2D eigenvalue weighted by Crippen LogP contribution is 2.43. The average molecular weight is 263 g/mol. The van der Waals surface area contributed by atoms with E-state index in [9.17, 15) is 4.79 Å². The molecule has 0 unspecified atom stereocenters. The van der Waals surface area contributed by atoms with Crippen molar-refractivity contribution >= 4 is 17.9 Å². The third-order valence-electron chi connectivity index (χ3n) is 3.29. The summed E-state index contributed by atoms with van der Waals surface area (Å²) in [4.78, 5) is 10.2. The van der Waals surface area contributed by atoms with E-state index in [1.165, 1.54) is 30.7 Å². The molecule has 0 saturated heterocycles. The first-order chi connectivity index (χ1) is 7.72. The van der Waals surface area contributed by atoms with Crippen molar-refractivity contribution in [3.8, 4) is 0 Å². The van der Waals surface area contributed by atoms with Gasteiger partial charge < -0.3 is 10.2 Å². The second-order valence-corrected chi connectivity index (χ2v) is 5.26. The van der Waals surface area contributed by atoms with E-state index < -0.39 is 0 Å². The first kappa shape index (κ1) is 16.7. The minimum atomic E-state index is -0.224. The van der Waals surface area contributed by atoms with Gasteiger partial charge in [0.05, 0.1) is 0 Å². The highest BCUT2D eigenvalue weighted by atomic mass is 32.2. The second kappa shape index (κ2) is 9.74. The lowest BCUT2D eigenvalue weighted by molar-refractivity contribution is -0.140. The summed E-state index contributed by atoms with van der Waals surface area (Å²) in [6.07, 6.45) is 9.75. The van der Waals surface area contributed by atoms with Gasteiger partial charge in [0.15, 0.2) is 0 Å². The van der Waals surface area contributed by atoms with Gasteiger partial charge in [0.25, 0.3) is 0 Å². The maximum atomic E-state index is 10.2. The van der Waals surface area contributed by atoms with Crippen molar-refractivity contribution in [2.24, 2.45) is 11.8 Å². The smallest absolute Gasteiger partial charge is 0.302 e. The first-order valence-electron chi connectivity index (χ1n) is 6.11. The normalized spacial score (nSPS) is 24.6. The van der Waals surface area contributed by atoms with E-state index >= 15 is 0 Å². The standard InChI is InChI=1S/C7H12.C5H11NO2S.H2O/c1-2-7-4-3-6(1)5-7;1-5(7)8-4-3-6-9-2;/h6-7H,1-5H2;6H,3-4H2,1-2H3;1H2. The molecule has 3 N–H and O–H groups in total. The largest absolute Gasteiger partial charge is 0.464 e. The van der Waals surface area contributed by atoms with Gasteiger partial charge in [0, 0.05) is 13.5 Å². The van der Waals surface area contributed by atoms with Gasteiger partial charge in [-0.15, -0.1) is 0 Å². The van der Waals surface area contributed by atoms with E-state index in [2.05, 4.69) is 9.46 Å². The Morgan fingerprint density at radius 1 is 1.29 bits per heavy atom. The van der Waals surface area contributed by atoms with Crippen molar-refractivity contribution in [3.05, 3.63) is 0 Å². The Labute approximate surface area is 108 Å². The zero-order valence-electron chi connectivity index (χ0n) is 10.8. The molecule has 4 nitrogen and oxygen atoms in total. The van der Waals surface area contributed by atoms with E-state index in [0.717, 1.165) is 0 Å². The molecule has 0 aliphatic heterocycles. The maximum absolute atomic E-state index is 10.2. The number of fused-ring (bicyclic) bond motifs is 2. The van der Waals surface area contributed by atoms with Crippen molar-refractivity contribution in [1.82, 2.24) is 4.72 Å². The van der Waals surface area contributed by atoms with E-state index in [-0.39, 0.29) is 11.4 Å². The van der Waals surface area contributed by atoms with Crippen LogP contribution in [0.15, 0.2) is 0 Å². The van der Waals surface area contributed by atoms with Crippen LogP contribution in [0.3, 0.4) is 0 Å². The number of esters is 1. The zero-order chi connectivity index (χ0) is 11.8. The van der Waals surface area contributed by atoms with Crippen molar-refractivity contribution in [3.63, 3.8) is 0 Å². The third kappa shape index (κ3) is 7.63. The number of ether oxygens (including phenoxy) is 1. The van der Waals surface area contributed by atoms with Crippen molar-refractivity contribution in [1.29, 1.82) is 0 Å². The Kier molecular flexibility index (Phi) is 9.59. The van der Waals surface area contributed by atoms with Crippen LogP contribution in [0, 0.1) is 11.8 Å². The number of carbonyl (C=O) groups is 1. The molecule has 2 rings (SSSR count). The van der Waals surface area contributed by atoms with Gasteiger partial charge >= 0.3 is 5.97 Å². The summed E-state index contributed by atoms with van der Waals surface area (Å²) >= 11 is 1.51. The lowest BCUT2D eigenvalue weighted by atomic mass is 10.0. The fourth-order valence-electron chi connectivity index (χ4n) is 2.51. The first-order valence-corrected chi connectivity index (χ1v) is 7.34. The summed E-state index contributed by atoms with van der Waals surface area (Å²) in [5, 5.41) is 0. The summed E-state index contributed by atoms with van der Waals surface area (Å²) in [6, 6.07) is 0. The Morgan fingerprint density at radius 3 is 2.12 bits per heavy atom. The molecule has 2 aliphatic rings. The monoisotopic (exact) mass is 263 g/mol. The lowest BCUT2D eigenvalue weighted by Gasteiger charge is -2.05. The molecule has 0 aromatic carbocycles. The quantitative estimate of drug-likeness (QED) is 0.477. The SMILES string of the molecule is C1CC2CCC1C2.CSNCCOC(C)=O.O. The van der Waals surface area contributed by atoms with Gasteiger partial charge in [0.2, 0.25) is 0 Å². The summed E-state index contributed by atoms with van der Waals surface area (Å²) in [6.45, 7) is 2.57. The summed E-state index contributed by atoms with van der Waals surface area (Å²) in [7, 11) is 0. The van der Waals surface area contributed by atoms with Gasteiger partial charge in [-0.3, -0.25) is 9.52 Å². The van der Waals surface area contributed by atoms with Crippen LogP contribution in [-0.4, -0.2) is 30.9 Å². The number of carbonyl (C=O) groups excluding carboxylic acids is 1. The number of rotatable bonds is 4. The van der Waals surface area contributed by atoms with Crippen molar-refractivity contribution in [2.75, 3.05) is 19.4 Å². The molecule has 2 fully saturated rings. The molecule has 0 aromatic heterocycles. The molecule has 0 spiro atoms. The average Bonchev–Trinajstić information content (AvgIpc) is 2.89. The Bertz CT molecular complexity index is 196. The van der Waals surface area contributed by atoms with Crippen LogP contribution in [-0.2, 0) is 9.53 Å². The van der Waals surface area contributed by atoms with Gasteiger partial charge in [-0.2, -0.15) is 0 Å². The molecular weight excluding hydrogens is 238 g/mol. The van der Waals surface area contributed by atoms with Gasteiger partial charge in [-0.05, 0) is 24.5 Å². The van der Waals surface area contributed by atoms with Crippen LogP contribution in [0.1, 0.15) is 39.0 Å². The minimum absolute atomic E-state index is 0. The van der Waals surface area contributed by atoms with Crippen LogP contribution >= 0.6 is 11.9 Å². The minimum Gasteiger partial charge on any atom is -0.464 e. The third-order valence-corrected chi connectivity index (χ3v) is 3.78. The predicted molar refractivity (Wildman–Crippen MR) is 71.8 cm³/mol. The number of hydrogen-bond acceptors (Lipinski definition) is 4. The molecule has 102 valence electrons. The molecule has 2 bridgehead atoms. The van der Waals surface area contributed by atoms with E-state index in [1.807, 2.05) is 6.26 Å². The zero-order valence-corrected chi connectivity index (χ0v) is 11.6. The molecular formula is C12H25NO3S. The molecule has 0 radical (unpaired) electrons. The van der Waals surface area contributed by atoms with E-state index in [0.29, 0.717) is 13.2 Å². The number of nitrogens with one attached hydrogen (secondary N) is 1. The van der Waals surface area contributed by atoms with E-state index in [1.54, 1.807) is 32.1 Å². The van der Waals surface area contributed by atoms with Gasteiger partial charge in [-0.1, -0.05) is 37.6 Å². The molecule has 2 aliphatic carbocycles. The molecule has 2 saturated carbocycles. The van der Waals surface area contributed by atoms with Crippen molar-refractivity contribution < 1.29 is 15.0 Å². The highest BCUT2D eigenvalue weighted by molar-refractivity contribution is 7.96. The van der Waals surface area contributed by atoms with Crippen LogP contribution in [0.4, 0.5) is 0 Å². The lowest BCUT2D eigenvalue weighted by Crippen LogP contribution is -2.13.